The van der Waals surface area contributed by atoms with Crippen molar-refractivity contribution in [3.8, 4) is 0 Å². The van der Waals surface area contributed by atoms with Crippen LogP contribution in [0, 0.1) is 0 Å². The first-order valence-electron chi connectivity index (χ1n) is 9.16. The van der Waals surface area contributed by atoms with Gasteiger partial charge in [-0.3, -0.25) is 19.3 Å². The molecule has 1 fully saturated rings. The summed E-state index contributed by atoms with van der Waals surface area (Å²) in [6, 6.07) is 1.05. The Morgan fingerprint density at radius 2 is 2.12 bits per heavy atom. The molecule has 2 aromatic heterocycles. The molecule has 0 aromatic carbocycles. The second kappa shape index (κ2) is 9.30. The Labute approximate surface area is 193 Å². The average molecular weight is 497 g/mol. The summed E-state index contributed by atoms with van der Waals surface area (Å²) >= 11 is 3.92. The number of nitrogens with one attached hydrogen (secondary N) is 1. The lowest BCUT2D eigenvalue weighted by atomic mass is 10.0. The van der Waals surface area contributed by atoms with E-state index in [0.717, 1.165) is 22.0 Å². The number of carboxylic acids is 2. The van der Waals surface area contributed by atoms with Gasteiger partial charge in [0.15, 0.2) is 0 Å². The molecule has 0 spiro atoms. The number of thioether (sulfide) groups is 2. The molecule has 1 saturated heterocycles. The van der Waals surface area contributed by atoms with Crippen LogP contribution in [0.15, 0.2) is 33.3 Å². The molecular weight excluding hydrogens is 480 g/mol. The molecule has 0 radical (unpaired) electrons. The van der Waals surface area contributed by atoms with Crippen LogP contribution in [-0.2, 0) is 32.1 Å². The van der Waals surface area contributed by atoms with E-state index in [2.05, 4.69) is 20.8 Å². The fraction of sp³-hybridized carbons (Fsp3) is 0.353. The van der Waals surface area contributed by atoms with Crippen molar-refractivity contribution in [3.05, 3.63) is 33.7 Å². The van der Waals surface area contributed by atoms with Gasteiger partial charge in [0.2, 0.25) is 11.1 Å². The van der Waals surface area contributed by atoms with Crippen molar-refractivity contribution >= 4 is 58.6 Å². The highest BCUT2D eigenvalue weighted by molar-refractivity contribution is 8.01. The molecule has 4 heterocycles. The zero-order valence-corrected chi connectivity index (χ0v) is 18.7. The maximum Gasteiger partial charge on any atom is 0.352 e. The summed E-state index contributed by atoms with van der Waals surface area (Å²) < 4.78 is 1.10. The second-order valence-electron chi connectivity index (χ2n) is 6.82. The molecule has 2 aliphatic heterocycles. The van der Waals surface area contributed by atoms with Gasteiger partial charge in [-0.05, 0) is 38.4 Å². The summed E-state index contributed by atoms with van der Waals surface area (Å²) in [7, 11) is 0. The zero-order chi connectivity index (χ0) is 22.8. The Morgan fingerprint density at radius 1 is 1.31 bits per heavy atom. The Hall–Kier alpha value is -2.91. The van der Waals surface area contributed by atoms with E-state index >= 15 is 0 Å². The predicted octanol–water partition coefficient (Wildman–Crippen LogP) is -0.107. The lowest BCUT2D eigenvalue weighted by Crippen LogP contribution is -2.70. The topological polar surface area (TPSA) is 168 Å². The van der Waals surface area contributed by atoms with E-state index in [1.807, 2.05) is 16.8 Å². The summed E-state index contributed by atoms with van der Waals surface area (Å²) in [5, 5.41) is 35.6. The largest absolute Gasteiger partial charge is 0.480 e. The lowest BCUT2D eigenvalue weighted by molar-refractivity contribution is -0.150. The van der Waals surface area contributed by atoms with Crippen LogP contribution in [-0.4, -0.2) is 82.0 Å². The molecule has 2 aliphatic rings. The lowest BCUT2D eigenvalue weighted by Gasteiger charge is -2.49. The number of aromatic nitrogens is 4. The van der Waals surface area contributed by atoms with Crippen LogP contribution in [0.4, 0.5) is 0 Å². The third-order valence-electron chi connectivity index (χ3n) is 4.67. The standard InChI is InChI=1S/C17H16N6O6S3/c24-10(3-8-1-2-30-5-8)18-12-14(27)23-13(16(28)29)9(6-31-15(12)23)7-32-17-19-20-21-22(17)4-11(25)26/h1-2,5,12,15H,3-4,6-7H2,(H,18,24)(H,25,26)(H,28,29)/t12?,15-/m1/s1. The number of hydrogen-bond acceptors (Lipinski definition) is 10. The SMILES string of the molecule is O=C(O)Cn1nnnc1SCC1=C(C(=O)O)N2C(=O)C(NC(=O)Cc3ccsc3)[C@H]2SC1. The highest BCUT2D eigenvalue weighted by Crippen LogP contribution is 2.41. The van der Waals surface area contributed by atoms with E-state index in [9.17, 15) is 24.3 Å². The van der Waals surface area contributed by atoms with Crippen molar-refractivity contribution in [1.82, 2.24) is 30.4 Å². The van der Waals surface area contributed by atoms with Gasteiger partial charge in [0, 0.05) is 11.5 Å². The number of tetrazole rings is 1. The van der Waals surface area contributed by atoms with Gasteiger partial charge in [0.05, 0.1) is 6.42 Å². The summed E-state index contributed by atoms with van der Waals surface area (Å²) in [6.07, 6.45) is 0.152. The summed E-state index contributed by atoms with van der Waals surface area (Å²) in [5.41, 5.74) is 1.22. The van der Waals surface area contributed by atoms with Crippen LogP contribution in [0.5, 0.6) is 0 Å². The Morgan fingerprint density at radius 3 is 2.81 bits per heavy atom. The zero-order valence-electron chi connectivity index (χ0n) is 16.2. The summed E-state index contributed by atoms with van der Waals surface area (Å²) in [6.45, 7) is -0.422. The van der Waals surface area contributed by atoms with Gasteiger partial charge in [-0.15, -0.1) is 16.9 Å². The number of amides is 2. The van der Waals surface area contributed by atoms with Crippen LogP contribution in [0.25, 0.3) is 0 Å². The van der Waals surface area contributed by atoms with E-state index < -0.39 is 35.8 Å². The maximum absolute atomic E-state index is 12.7. The molecular formula is C17H16N6O6S3. The molecule has 4 rings (SSSR count). The molecule has 2 aromatic rings. The first kappa shape index (κ1) is 22.3. The normalized spacial score (nSPS) is 20.0. The summed E-state index contributed by atoms with van der Waals surface area (Å²) in [5.74, 6) is -2.63. The van der Waals surface area contributed by atoms with Crippen molar-refractivity contribution in [1.29, 1.82) is 0 Å². The van der Waals surface area contributed by atoms with E-state index in [0.29, 0.717) is 11.3 Å². The van der Waals surface area contributed by atoms with Crippen LogP contribution in [0.1, 0.15) is 5.56 Å². The van der Waals surface area contributed by atoms with Crippen LogP contribution in [0.3, 0.4) is 0 Å². The smallest absolute Gasteiger partial charge is 0.352 e. The first-order chi connectivity index (χ1) is 15.3. The van der Waals surface area contributed by atoms with Gasteiger partial charge in [0.1, 0.15) is 23.7 Å². The van der Waals surface area contributed by atoms with Gasteiger partial charge in [-0.2, -0.15) is 11.3 Å². The highest BCUT2D eigenvalue weighted by Gasteiger charge is 2.54. The number of carbonyl (C=O) groups is 4. The number of nitrogens with zero attached hydrogens (tertiary/aromatic N) is 5. The number of carbonyl (C=O) groups excluding carboxylic acids is 2. The number of aliphatic carboxylic acids is 2. The monoisotopic (exact) mass is 496 g/mol. The average Bonchev–Trinajstić information content (AvgIpc) is 3.41. The van der Waals surface area contributed by atoms with Crippen molar-refractivity contribution in [2.24, 2.45) is 0 Å². The van der Waals surface area contributed by atoms with Gasteiger partial charge in [-0.1, -0.05) is 11.8 Å². The number of thiophene rings is 1. The third-order valence-corrected chi connectivity index (χ3v) is 7.79. The van der Waals surface area contributed by atoms with Crippen molar-refractivity contribution in [2.45, 2.75) is 29.5 Å². The fourth-order valence-electron chi connectivity index (χ4n) is 3.28. The minimum atomic E-state index is -1.24. The predicted molar refractivity (Wildman–Crippen MR) is 114 cm³/mol. The molecule has 12 nitrogen and oxygen atoms in total. The molecule has 2 atom stereocenters. The van der Waals surface area contributed by atoms with Gasteiger partial charge >= 0.3 is 11.9 Å². The Bertz CT molecular complexity index is 1100. The van der Waals surface area contributed by atoms with Crippen molar-refractivity contribution in [2.75, 3.05) is 11.5 Å². The number of rotatable bonds is 9. The second-order valence-corrected chi connectivity index (χ2v) is 9.65. The molecule has 0 aliphatic carbocycles. The number of fused-ring (bicyclic) bond motifs is 1. The van der Waals surface area contributed by atoms with E-state index in [4.69, 9.17) is 5.11 Å². The highest BCUT2D eigenvalue weighted by atomic mass is 32.2. The molecule has 0 saturated carbocycles. The van der Waals surface area contributed by atoms with E-state index in [1.54, 1.807) is 0 Å². The van der Waals surface area contributed by atoms with Gasteiger partial charge in [-0.25, -0.2) is 9.48 Å². The first-order valence-corrected chi connectivity index (χ1v) is 12.1. The molecule has 15 heteroatoms. The third kappa shape index (κ3) is 4.49. The fourth-order valence-corrected chi connectivity index (χ4v) is 6.31. The Kier molecular flexibility index (Phi) is 6.48. The quantitative estimate of drug-likeness (QED) is 0.313. The molecule has 1 unspecified atom stereocenters. The number of hydrogen-bond donors (Lipinski definition) is 3. The van der Waals surface area contributed by atoms with E-state index in [-0.39, 0.29) is 28.9 Å². The minimum Gasteiger partial charge on any atom is -0.480 e. The minimum absolute atomic E-state index is 0.119. The molecule has 2 amide bonds. The Balaban J connectivity index is 1.44. The van der Waals surface area contributed by atoms with Crippen LogP contribution >= 0.6 is 34.9 Å². The van der Waals surface area contributed by atoms with Gasteiger partial charge in [0.25, 0.3) is 5.91 Å². The molecule has 32 heavy (non-hydrogen) atoms. The van der Waals surface area contributed by atoms with Crippen molar-refractivity contribution in [3.63, 3.8) is 0 Å². The van der Waals surface area contributed by atoms with Gasteiger partial charge < -0.3 is 15.5 Å². The summed E-state index contributed by atoms with van der Waals surface area (Å²) in [4.78, 5) is 49.0. The molecule has 0 bridgehead atoms. The maximum atomic E-state index is 12.7. The van der Waals surface area contributed by atoms with Crippen LogP contribution in [0.2, 0.25) is 0 Å². The number of carboxylic acid groups (broad SMARTS) is 2. The van der Waals surface area contributed by atoms with Crippen LogP contribution < -0.4 is 5.32 Å². The van der Waals surface area contributed by atoms with E-state index in [1.165, 1.54) is 28.0 Å². The molecule has 3 N–H and O–H groups in total. The number of β-lactam (4-membered cyclic amide) rings is 1. The molecule has 168 valence electrons. The van der Waals surface area contributed by atoms with Crippen molar-refractivity contribution < 1.29 is 29.4 Å².